The van der Waals surface area contributed by atoms with Crippen LogP contribution < -0.4 is 10.6 Å². The Morgan fingerprint density at radius 1 is 1.35 bits per heavy atom. The van der Waals surface area contributed by atoms with Gasteiger partial charge in [-0.15, -0.1) is 0 Å². The summed E-state index contributed by atoms with van der Waals surface area (Å²) in [6.07, 6.45) is 0.544. The molecule has 1 unspecified atom stereocenters. The van der Waals surface area contributed by atoms with Crippen LogP contribution in [0.15, 0.2) is 12.1 Å². The van der Waals surface area contributed by atoms with Gasteiger partial charge in [0, 0.05) is 0 Å². The third-order valence-corrected chi connectivity index (χ3v) is 3.18. The van der Waals surface area contributed by atoms with Crippen LogP contribution in [0.2, 0.25) is 5.02 Å². The highest BCUT2D eigenvalue weighted by Crippen LogP contribution is 2.30. The van der Waals surface area contributed by atoms with Crippen molar-refractivity contribution in [2.75, 3.05) is 5.32 Å². The summed E-state index contributed by atoms with van der Waals surface area (Å²) in [5.74, 6) is -0.489. The van der Waals surface area contributed by atoms with E-state index in [1.54, 1.807) is 12.1 Å². The van der Waals surface area contributed by atoms with E-state index in [2.05, 4.69) is 10.6 Å². The monoisotopic (exact) mass is 252 g/mol. The summed E-state index contributed by atoms with van der Waals surface area (Å²) in [6.45, 7) is 3.65. The van der Waals surface area contributed by atoms with E-state index in [4.69, 9.17) is 11.6 Å². The molecule has 0 saturated heterocycles. The maximum atomic E-state index is 12.0. The van der Waals surface area contributed by atoms with Crippen molar-refractivity contribution in [3.8, 4) is 0 Å². The Morgan fingerprint density at radius 3 is 2.71 bits per heavy atom. The number of rotatable bonds is 1. The van der Waals surface area contributed by atoms with Crippen LogP contribution in [0.1, 0.15) is 29.3 Å². The molecule has 1 aromatic carbocycles. The smallest absolute Gasteiger partial charge is 0.254 e. The highest BCUT2D eigenvalue weighted by molar-refractivity contribution is 6.35. The lowest BCUT2D eigenvalue weighted by Crippen LogP contribution is -2.40. The van der Waals surface area contributed by atoms with Gasteiger partial charge in [-0.2, -0.15) is 0 Å². The minimum atomic E-state index is -0.509. The summed E-state index contributed by atoms with van der Waals surface area (Å²) in [6, 6.07) is 2.93. The number of carbonyl (C=O) groups is 2. The quantitative estimate of drug-likeness (QED) is 0.804. The summed E-state index contributed by atoms with van der Waals surface area (Å²) in [5, 5.41) is 5.78. The summed E-state index contributed by atoms with van der Waals surface area (Å²) >= 11 is 6.01. The molecular formula is C12H13ClN2O2. The minimum absolute atomic E-state index is 0.230. The van der Waals surface area contributed by atoms with Crippen LogP contribution in [0.4, 0.5) is 5.69 Å². The topological polar surface area (TPSA) is 58.2 Å². The molecule has 0 bridgehead atoms. The molecule has 1 atom stereocenters. The summed E-state index contributed by atoms with van der Waals surface area (Å²) in [7, 11) is 0. The largest absolute Gasteiger partial charge is 0.340 e. The number of amides is 2. The van der Waals surface area contributed by atoms with Crippen molar-refractivity contribution in [1.82, 2.24) is 5.32 Å². The molecule has 0 aromatic heterocycles. The van der Waals surface area contributed by atoms with Crippen molar-refractivity contribution < 1.29 is 9.59 Å². The number of aryl methyl sites for hydroxylation is 1. The number of benzene rings is 1. The van der Waals surface area contributed by atoms with Crippen molar-refractivity contribution in [2.24, 2.45) is 0 Å². The molecular weight excluding hydrogens is 240 g/mol. The molecule has 1 aliphatic rings. The number of fused-ring (bicyclic) bond motifs is 1. The Bertz CT molecular complexity index is 500. The lowest BCUT2D eigenvalue weighted by molar-refractivity contribution is -0.117. The molecule has 4 nitrogen and oxygen atoms in total. The van der Waals surface area contributed by atoms with Crippen LogP contribution in [0.3, 0.4) is 0 Å². The molecule has 0 aliphatic carbocycles. The predicted octanol–water partition coefficient (Wildman–Crippen LogP) is 2.11. The van der Waals surface area contributed by atoms with Crippen molar-refractivity contribution in [3.05, 3.63) is 28.3 Å². The van der Waals surface area contributed by atoms with Gasteiger partial charge >= 0.3 is 0 Å². The summed E-state index contributed by atoms with van der Waals surface area (Å²) in [4.78, 5) is 23.9. The fraction of sp³-hybridized carbons (Fsp3) is 0.333. The zero-order valence-electron chi connectivity index (χ0n) is 9.63. The summed E-state index contributed by atoms with van der Waals surface area (Å²) in [5.41, 5.74) is 1.64. The van der Waals surface area contributed by atoms with E-state index in [0.29, 0.717) is 22.7 Å². The van der Waals surface area contributed by atoms with E-state index in [1.807, 2.05) is 13.8 Å². The van der Waals surface area contributed by atoms with Crippen molar-refractivity contribution in [3.63, 3.8) is 0 Å². The van der Waals surface area contributed by atoms with E-state index >= 15 is 0 Å². The van der Waals surface area contributed by atoms with Crippen molar-refractivity contribution in [1.29, 1.82) is 0 Å². The van der Waals surface area contributed by atoms with Crippen molar-refractivity contribution in [2.45, 2.75) is 26.3 Å². The van der Waals surface area contributed by atoms with E-state index < -0.39 is 6.04 Å². The third-order valence-electron chi connectivity index (χ3n) is 2.87. The van der Waals surface area contributed by atoms with Crippen LogP contribution in [-0.2, 0) is 4.79 Å². The van der Waals surface area contributed by atoms with Gasteiger partial charge in [0.1, 0.15) is 6.04 Å². The first kappa shape index (κ1) is 11.9. The average Bonchev–Trinajstić information content (AvgIpc) is 2.42. The average molecular weight is 253 g/mol. The fourth-order valence-electron chi connectivity index (χ4n) is 1.89. The lowest BCUT2D eigenvalue weighted by Gasteiger charge is -2.11. The van der Waals surface area contributed by atoms with Crippen LogP contribution >= 0.6 is 11.6 Å². The number of hydrogen-bond acceptors (Lipinski definition) is 2. The highest BCUT2D eigenvalue weighted by Gasteiger charge is 2.28. The van der Waals surface area contributed by atoms with Gasteiger partial charge in [0.25, 0.3) is 5.91 Å². The van der Waals surface area contributed by atoms with Gasteiger partial charge in [-0.05, 0) is 25.0 Å². The zero-order valence-corrected chi connectivity index (χ0v) is 10.4. The minimum Gasteiger partial charge on any atom is -0.340 e. The first-order valence-electron chi connectivity index (χ1n) is 5.45. The normalized spacial score (nSPS) is 19.1. The van der Waals surface area contributed by atoms with Gasteiger partial charge in [0.2, 0.25) is 5.91 Å². The molecule has 0 fully saturated rings. The highest BCUT2D eigenvalue weighted by atomic mass is 35.5. The Balaban J connectivity index is 2.57. The van der Waals surface area contributed by atoms with Crippen LogP contribution in [0.5, 0.6) is 0 Å². The molecule has 5 heteroatoms. The van der Waals surface area contributed by atoms with Gasteiger partial charge in [0.15, 0.2) is 0 Å². The Kier molecular flexibility index (Phi) is 3.07. The van der Waals surface area contributed by atoms with E-state index in [9.17, 15) is 9.59 Å². The van der Waals surface area contributed by atoms with Gasteiger partial charge in [-0.3, -0.25) is 9.59 Å². The molecule has 0 saturated carbocycles. The van der Waals surface area contributed by atoms with Crippen LogP contribution in [0.25, 0.3) is 0 Å². The summed E-state index contributed by atoms with van der Waals surface area (Å²) < 4.78 is 0. The molecule has 0 spiro atoms. The van der Waals surface area contributed by atoms with Gasteiger partial charge < -0.3 is 10.6 Å². The number of halogens is 1. The Morgan fingerprint density at radius 2 is 2.06 bits per heavy atom. The standard InChI is InChI=1S/C12H13ClN2O2/c1-3-8-11(16)15-10-7(13)5-4-6(2)9(10)12(17)14-8/h4-5,8H,3H2,1-2H3,(H,14,17)(H,15,16). The molecule has 2 rings (SSSR count). The first-order chi connectivity index (χ1) is 8.04. The number of anilines is 1. The van der Waals surface area contributed by atoms with E-state index in [0.717, 1.165) is 5.56 Å². The number of nitrogens with one attached hydrogen (secondary N) is 2. The van der Waals surface area contributed by atoms with Crippen LogP contribution in [-0.4, -0.2) is 17.9 Å². The van der Waals surface area contributed by atoms with Crippen molar-refractivity contribution >= 4 is 29.1 Å². The molecule has 2 amide bonds. The second kappa shape index (κ2) is 4.37. The van der Waals surface area contributed by atoms with Crippen LogP contribution in [0, 0.1) is 6.92 Å². The Hall–Kier alpha value is -1.55. The van der Waals surface area contributed by atoms with Gasteiger partial charge in [0.05, 0.1) is 16.3 Å². The SMILES string of the molecule is CCC1NC(=O)c2c(C)ccc(Cl)c2NC1=O. The molecule has 1 heterocycles. The second-order valence-electron chi connectivity index (χ2n) is 4.04. The Labute approximate surface area is 104 Å². The lowest BCUT2D eigenvalue weighted by atomic mass is 10.1. The molecule has 1 aliphatic heterocycles. The maximum Gasteiger partial charge on any atom is 0.254 e. The zero-order chi connectivity index (χ0) is 12.6. The predicted molar refractivity (Wildman–Crippen MR) is 66.4 cm³/mol. The maximum absolute atomic E-state index is 12.0. The first-order valence-corrected chi connectivity index (χ1v) is 5.83. The third kappa shape index (κ3) is 2.00. The van der Waals surface area contributed by atoms with Gasteiger partial charge in [-0.1, -0.05) is 24.6 Å². The second-order valence-corrected chi connectivity index (χ2v) is 4.45. The number of carbonyl (C=O) groups excluding carboxylic acids is 2. The van der Waals surface area contributed by atoms with E-state index in [-0.39, 0.29) is 11.8 Å². The fourth-order valence-corrected chi connectivity index (χ4v) is 2.09. The van der Waals surface area contributed by atoms with E-state index in [1.165, 1.54) is 0 Å². The molecule has 90 valence electrons. The van der Waals surface area contributed by atoms with Gasteiger partial charge in [-0.25, -0.2) is 0 Å². The molecule has 1 aromatic rings. The number of hydrogen-bond donors (Lipinski definition) is 2. The molecule has 2 N–H and O–H groups in total. The molecule has 0 radical (unpaired) electrons. The molecule has 17 heavy (non-hydrogen) atoms.